The van der Waals surface area contributed by atoms with E-state index in [1.54, 1.807) is 9.47 Å². The number of hydrogen-bond donors (Lipinski definition) is 1. The minimum atomic E-state index is -1.12. The third-order valence-corrected chi connectivity index (χ3v) is 8.65. The molecule has 1 spiro atoms. The predicted molar refractivity (Wildman–Crippen MR) is 152 cm³/mol. The summed E-state index contributed by atoms with van der Waals surface area (Å²) < 4.78 is 35.7. The third kappa shape index (κ3) is 5.03. The fraction of sp³-hybridized carbons (Fsp3) is 0.367. The molecule has 10 nitrogen and oxygen atoms in total. The molecule has 3 atom stereocenters. The van der Waals surface area contributed by atoms with Gasteiger partial charge in [-0.05, 0) is 32.3 Å². The van der Waals surface area contributed by atoms with Crippen LogP contribution in [0.4, 0.5) is 8.78 Å². The molecule has 0 aliphatic carbocycles. The first-order chi connectivity index (χ1) is 20.6. The highest BCUT2D eigenvalue weighted by atomic mass is 35.5. The van der Waals surface area contributed by atoms with E-state index in [2.05, 4.69) is 15.5 Å². The molecule has 1 N–H and O–H groups in total. The van der Waals surface area contributed by atoms with E-state index < -0.39 is 52.1 Å². The SMILES string of the molecule is CC1=NO[C@@]2(CC[C@H](C)N3C[C@H]2n2cc(C(=O)NCc4ncc(F)c(Cl)c4F)c(=O)c(OCc4ccccc4)c2C3=O)C1. The van der Waals surface area contributed by atoms with Crippen molar-refractivity contribution in [2.45, 2.75) is 63.9 Å². The summed E-state index contributed by atoms with van der Waals surface area (Å²) in [6.45, 7) is 3.59. The van der Waals surface area contributed by atoms with E-state index in [9.17, 15) is 23.2 Å². The minimum absolute atomic E-state index is 0.0213. The molecule has 3 aromatic rings. The second kappa shape index (κ2) is 11.1. The van der Waals surface area contributed by atoms with E-state index in [0.29, 0.717) is 19.3 Å². The summed E-state index contributed by atoms with van der Waals surface area (Å²) in [5, 5.41) is 5.93. The fourth-order valence-electron chi connectivity index (χ4n) is 6.00. The topological polar surface area (TPSA) is 115 Å². The van der Waals surface area contributed by atoms with Gasteiger partial charge in [0.1, 0.15) is 17.2 Å². The van der Waals surface area contributed by atoms with Crippen molar-refractivity contribution >= 4 is 29.1 Å². The van der Waals surface area contributed by atoms with Crippen LogP contribution in [0.25, 0.3) is 0 Å². The lowest BCUT2D eigenvalue weighted by atomic mass is 9.84. The largest absolute Gasteiger partial charge is 0.483 e. The number of rotatable bonds is 6. The summed E-state index contributed by atoms with van der Waals surface area (Å²) in [7, 11) is 0. The highest BCUT2D eigenvalue weighted by molar-refractivity contribution is 6.30. The predicted octanol–water partition coefficient (Wildman–Crippen LogP) is 4.40. The first-order valence-electron chi connectivity index (χ1n) is 13.8. The van der Waals surface area contributed by atoms with Crippen LogP contribution in [0.2, 0.25) is 5.02 Å². The molecule has 3 aliphatic heterocycles. The van der Waals surface area contributed by atoms with E-state index in [1.165, 1.54) is 6.20 Å². The molecule has 0 radical (unpaired) electrons. The summed E-state index contributed by atoms with van der Waals surface area (Å²) in [6.07, 6.45) is 3.82. The number of aromatic nitrogens is 2. The maximum atomic E-state index is 14.5. The zero-order chi connectivity index (χ0) is 30.5. The Hall–Kier alpha value is -4.32. The van der Waals surface area contributed by atoms with E-state index in [0.717, 1.165) is 17.5 Å². The Balaban J connectivity index is 1.45. The molecule has 1 saturated heterocycles. The summed E-state index contributed by atoms with van der Waals surface area (Å²) in [6, 6.07) is 8.46. The van der Waals surface area contributed by atoms with Crippen LogP contribution in [0.15, 0.2) is 52.7 Å². The van der Waals surface area contributed by atoms with Crippen LogP contribution in [-0.4, -0.2) is 50.2 Å². The van der Waals surface area contributed by atoms with Gasteiger partial charge in [-0.1, -0.05) is 47.1 Å². The number of halogens is 3. The Labute approximate surface area is 250 Å². The summed E-state index contributed by atoms with van der Waals surface area (Å²) in [4.78, 5) is 52.8. The number of carbonyl (C=O) groups excluding carboxylic acids is 2. The van der Waals surface area contributed by atoms with Crippen molar-refractivity contribution in [3.8, 4) is 5.75 Å². The summed E-state index contributed by atoms with van der Waals surface area (Å²) >= 11 is 5.65. The molecule has 1 fully saturated rings. The quantitative estimate of drug-likeness (QED) is 0.442. The molecule has 2 aromatic heterocycles. The first kappa shape index (κ1) is 28.8. The van der Waals surface area contributed by atoms with Crippen LogP contribution in [0.3, 0.4) is 0 Å². The molecular weight excluding hydrogens is 584 g/mol. The van der Waals surface area contributed by atoms with Gasteiger partial charge in [0, 0.05) is 25.2 Å². The number of amides is 2. The first-order valence-corrected chi connectivity index (χ1v) is 14.2. The zero-order valence-electron chi connectivity index (χ0n) is 23.4. The molecule has 5 heterocycles. The van der Waals surface area contributed by atoms with Crippen molar-refractivity contribution in [1.82, 2.24) is 19.8 Å². The molecule has 0 saturated carbocycles. The molecule has 2 amide bonds. The van der Waals surface area contributed by atoms with Gasteiger partial charge in [0.05, 0.1) is 30.2 Å². The molecule has 13 heteroatoms. The minimum Gasteiger partial charge on any atom is -0.483 e. The second-order valence-corrected chi connectivity index (χ2v) is 11.5. The van der Waals surface area contributed by atoms with E-state index in [1.807, 2.05) is 44.2 Å². The number of carbonyl (C=O) groups is 2. The Bertz CT molecular complexity index is 1720. The third-order valence-electron chi connectivity index (χ3n) is 8.30. The number of hydrogen-bond acceptors (Lipinski definition) is 7. The molecular formula is C30H28ClF2N5O5. The van der Waals surface area contributed by atoms with Crippen molar-refractivity contribution in [1.29, 1.82) is 0 Å². The number of ether oxygens (including phenoxy) is 1. The Morgan fingerprint density at radius 3 is 2.74 bits per heavy atom. The molecule has 1 aromatic carbocycles. The van der Waals surface area contributed by atoms with E-state index in [4.69, 9.17) is 21.2 Å². The van der Waals surface area contributed by atoms with Crippen molar-refractivity contribution < 1.29 is 27.9 Å². The smallest absolute Gasteiger partial charge is 0.274 e. The maximum Gasteiger partial charge on any atom is 0.274 e. The van der Waals surface area contributed by atoms with Gasteiger partial charge >= 0.3 is 0 Å². The number of pyridine rings is 2. The average Bonchev–Trinajstić information content (AvgIpc) is 3.33. The molecule has 0 unspecified atom stereocenters. The van der Waals surface area contributed by atoms with Gasteiger partial charge in [-0.2, -0.15) is 0 Å². The molecule has 2 bridgehead atoms. The van der Waals surface area contributed by atoms with E-state index in [-0.39, 0.29) is 41.9 Å². The zero-order valence-corrected chi connectivity index (χ0v) is 24.2. The number of nitrogens with one attached hydrogen (secondary N) is 1. The monoisotopic (exact) mass is 611 g/mol. The second-order valence-electron chi connectivity index (χ2n) is 11.1. The van der Waals surface area contributed by atoms with Gasteiger partial charge in [0.25, 0.3) is 11.8 Å². The van der Waals surface area contributed by atoms with Gasteiger partial charge in [-0.25, -0.2) is 8.78 Å². The van der Waals surface area contributed by atoms with E-state index >= 15 is 0 Å². The number of benzene rings is 1. The lowest BCUT2D eigenvalue weighted by Gasteiger charge is -2.42. The Morgan fingerprint density at radius 1 is 1.26 bits per heavy atom. The fourth-order valence-corrected chi connectivity index (χ4v) is 6.16. The molecule has 3 aliphatic rings. The lowest BCUT2D eigenvalue weighted by Crippen LogP contribution is -2.52. The van der Waals surface area contributed by atoms with Crippen molar-refractivity contribution in [2.75, 3.05) is 6.54 Å². The molecule has 224 valence electrons. The highest BCUT2D eigenvalue weighted by Crippen LogP contribution is 2.46. The van der Waals surface area contributed by atoms with Gasteiger partial charge in [0.2, 0.25) is 5.43 Å². The Kier molecular flexibility index (Phi) is 7.41. The van der Waals surface area contributed by atoms with Crippen LogP contribution in [0.1, 0.15) is 71.3 Å². The number of oxime groups is 1. The van der Waals surface area contributed by atoms with Crippen LogP contribution < -0.4 is 15.5 Å². The van der Waals surface area contributed by atoms with Gasteiger partial charge in [0.15, 0.2) is 28.7 Å². The maximum absolute atomic E-state index is 14.5. The van der Waals surface area contributed by atoms with Crippen molar-refractivity contribution in [3.63, 3.8) is 0 Å². The molecule has 6 rings (SSSR count). The van der Waals surface area contributed by atoms with Crippen molar-refractivity contribution in [2.24, 2.45) is 5.16 Å². The van der Waals surface area contributed by atoms with Crippen LogP contribution in [0.5, 0.6) is 5.75 Å². The van der Waals surface area contributed by atoms with Crippen LogP contribution >= 0.6 is 11.6 Å². The summed E-state index contributed by atoms with van der Waals surface area (Å²) in [5.74, 6) is -3.69. The van der Waals surface area contributed by atoms with Crippen LogP contribution in [-0.2, 0) is 18.0 Å². The number of nitrogens with zero attached hydrogens (tertiary/aromatic N) is 4. The van der Waals surface area contributed by atoms with Gasteiger partial charge in [-0.15, -0.1) is 0 Å². The molecule has 43 heavy (non-hydrogen) atoms. The van der Waals surface area contributed by atoms with Gasteiger partial charge < -0.3 is 24.4 Å². The van der Waals surface area contributed by atoms with Crippen LogP contribution in [0, 0.1) is 11.6 Å². The standard InChI is InChI=1S/C30H28ClF2N5O5/c1-16-10-30(43-36-16)9-8-17(2)37-14-22(30)38-13-19(28(40)35-12-21-24(33)23(31)20(32)11-34-21)26(39)27(25(38)29(37)41)42-15-18-6-4-3-5-7-18/h3-7,11,13,17,22H,8-10,12,14-15H2,1-2H3,(H,35,40)/t17-,22+,30-/m0/s1. The van der Waals surface area contributed by atoms with Gasteiger partial charge in [-0.3, -0.25) is 19.4 Å². The number of fused-ring (bicyclic) bond motifs is 5. The Morgan fingerprint density at radius 2 is 2.02 bits per heavy atom. The normalized spacial score (nSPS) is 22.5. The average molecular weight is 612 g/mol. The highest BCUT2D eigenvalue weighted by Gasteiger charge is 2.54. The summed E-state index contributed by atoms with van der Waals surface area (Å²) in [5.41, 5.74) is -0.684. The lowest BCUT2D eigenvalue weighted by molar-refractivity contribution is -0.0656. The van der Waals surface area contributed by atoms with Crippen molar-refractivity contribution in [3.05, 3.63) is 92.1 Å².